The van der Waals surface area contributed by atoms with Crippen molar-refractivity contribution in [1.82, 2.24) is 10.3 Å². The van der Waals surface area contributed by atoms with Gasteiger partial charge in [0.05, 0.1) is 17.8 Å². The molecule has 1 atom stereocenters. The summed E-state index contributed by atoms with van der Waals surface area (Å²) < 4.78 is 0. The van der Waals surface area contributed by atoms with Crippen LogP contribution in [0.1, 0.15) is 12.6 Å². The van der Waals surface area contributed by atoms with Gasteiger partial charge < -0.3 is 10.4 Å². The Morgan fingerprint density at radius 3 is 3.18 bits per heavy atom. The highest BCUT2D eigenvalue weighted by molar-refractivity contribution is 7.07. The Balaban J connectivity index is 2.23. The predicted octanol–water partition coefficient (Wildman–Crippen LogP) is 0.614. The first-order valence-corrected chi connectivity index (χ1v) is 4.48. The number of thiazole rings is 1. The summed E-state index contributed by atoms with van der Waals surface area (Å²) in [5, 5.41) is 13.8. The molecule has 0 saturated carbocycles. The van der Waals surface area contributed by atoms with Gasteiger partial charge in [-0.3, -0.25) is 0 Å². The fraction of sp³-hybridized carbons (Fsp3) is 0.571. The van der Waals surface area contributed by atoms with Crippen LogP contribution in [0.4, 0.5) is 0 Å². The van der Waals surface area contributed by atoms with Crippen molar-refractivity contribution in [3.05, 3.63) is 16.6 Å². The molecule has 0 radical (unpaired) electrons. The monoisotopic (exact) mass is 172 g/mol. The Morgan fingerprint density at radius 2 is 2.64 bits per heavy atom. The van der Waals surface area contributed by atoms with Crippen LogP contribution in [0.2, 0.25) is 0 Å². The number of nitrogens with one attached hydrogen (secondary N) is 1. The molecule has 3 nitrogen and oxygen atoms in total. The van der Waals surface area contributed by atoms with Crippen molar-refractivity contribution in [2.45, 2.75) is 19.5 Å². The molecule has 0 aromatic carbocycles. The molecule has 0 saturated heterocycles. The Kier molecular flexibility index (Phi) is 3.48. The van der Waals surface area contributed by atoms with Gasteiger partial charge in [0.1, 0.15) is 0 Å². The van der Waals surface area contributed by atoms with Crippen LogP contribution in [0.3, 0.4) is 0 Å². The predicted molar refractivity (Wildman–Crippen MR) is 45.5 cm³/mol. The molecule has 62 valence electrons. The second-order valence-corrected chi connectivity index (χ2v) is 3.16. The average molecular weight is 172 g/mol. The van der Waals surface area contributed by atoms with Crippen LogP contribution in [0.5, 0.6) is 0 Å². The average Bonchev–Trinajstić information content (AvgIpc) is 2.52. The lowest BCUT2D eigenvalue weighted by molar-refractivity contribution is 0.250. The molecule has 0 bridgehead atoms. The Morgan fingerprint density at radius 1 is 1.82 bits per heavy atom. The van der Waals surface area contributed by atoms with Crippen molar-refractivity contribution in [1.29, 1.82) is 0 Å². The summed E-state index contributed by atoms with van der Waals surface area (Å²) in [6.45, 7) is 2.85. The van der Waals surface area contributed by atoms with Crippen LogP contribution in [-0.2, 0) is 6.54 Å². The molecule has 1 aromatic rings. The van der Waals surface area contributed by atoms with E-state index in [0.29, 0.717) is 0 Å². The van der Waals surface area contributed by atoms with E-state index in [1.165, 1.54) is 0 Å². The van der Waals surface area contributed by atoms with Crippen molar-refractivity contribution in [3.63, 3.8) is 0 Å². The SMILES string of the molecule is CC(CO)NCc1cscn1. The summed E-state index contributed by atoms with van der Waals surface area (Å²) >= 11 is 1.59. The van der Waals surface area contributed by atoms with Crippen molar-refractivity contribution in [2.24, 2.45) is 0 Å². The molecule has 0 spiro atoms. The van der Waals surface area contributed by atoms with Gasteiger partial charge in [0.15, 0.2) is 0 Å². The number of aliphatic hydroxyl groups is 1. The van der Waals surface area contributed by atoms with Gasteiger partial charge in [-0.1, -0.05) is 0 Å². The Hall–Kier alpha value is -0.450. The summed E-state index contributed by atoms with van der Waals surface area (Å²) in [7, 11) is 0. The fourth-order valence-electron chi connectivity index (χ4n) is 0.668. The molecule has 1 rings (SSSR count). The first-order chi connectivity index (χ1) is 5.33. The smallest absolute Gasteiger partial charge is 0.0795 e. The van der Waals surface area contributed by atoms with Gasteiger partial charge in [-0.05, 0) is 6.92 Å². The minimum absolute atomic E-state index is 0.150. The molecule has 0 aliphatic carbocycles. The van der Waals surface area contributed by atoms with Crippen LogP contribution < -0.4 is 5.32 Å². The first kappa shape index (κ1) is 8.64. The number of aliphatic hydroxyl groups excluding tert-OH is 1. The minimum Gasteiger partial charge on any atom is -0.395 e. The molecule has 0 aliphatic rings. The standard InChI is InChI=1S/C7H12N2OS/c1-6(3-10)8-2-7-4-11-5-9-7/h4-6,8,10H,2-3H2,1H3. The molecule has 2 N–H and O–H groups in total. The third kappa shape index (κ3) is 2.96. The van der Waals surface area contributed by atoms with E-state index in [2.05, 4.69) is 10.3 Å². The van der Waals surface area contributed by atoms with Crippen molar-refractivity contribution < 1.29 is 5.11 Å². The largest absolute Gasteiger partial charge is 0.395 e. The summed E-state index contributed by atoms with van der Waals surface area (Å²) in [5.74, 6) is 0. The van der Waals surface area contributed by atoms with Crippen LogP contribution in [-0.4, -0.2) is 22.7 Å². The number of rotatable bonds is 4. The van der Waals surface area contributed by atoms with Crippen LogP contribution in [0.25, 0.3) is 0 Å². The number of hydrogen-bond acceptors (Lipinski definition) is 4. The lowest BCUT2D eigenvalue weighted by Crippen LogP contribution is -2.28. The Labute approximate surface area is 70.1 Å². The third-order valence-electron chi connectivity index (χ3n) is 1.39. The second-order valence-electron chi connectivity index (χ2n) is 2.44. The molecule has 0 amide bonds. The van der Waals surface area contributed by atoms with E-state index < -0.39 is 0 Å². The molecule has 0 aliphatic heterocycles. The topological polar surface area (TPSA) is 45.1 Å². The zero-order valence-electron chi connectivity index (χ0n) is 6.45. The van der Waals surface area contributed by atoms with Crippen LogP contribution in [0, 0.1) is 0 Å². The lowest BCUT2D eigenvalue weighted by Gasteiger charge is -2.07. The van der Waals surface area contributed by atoms with E-state index in [0.717, 1.165) is 12.2 Å². The summed E-state index contributed by atoms with van der Waals surface area (Å²) in [5.41, 5.74) is 2.84. The normalized spacial score (nSPS) is 13.3. The molecule has 4 heteroatoms. The molecule has 1 heterocycles. The number of nitrogens with zero attached hydrogens (tertiary/aromatic N) is 1. The number of aromatic nitrogens is 1. The van der Waals surface area contributed by atoms with E-state index in [1.807, 2.05) is 12.3 Å². The van der Waals surface area contributed by atoms with Crippen molar-refractivity contribution in [3.8, 4) is 0 Å². The molecular formula is C7H12N2OS. The fourth-order valence-corrected chi connectivity index (χ4v) is 1.23. The maximum Gasteiger partial charge on any atom is 0.0795 e. The highest BCUT2D eigenvalue weighted by atomic mass is 32.1. The maximum absolute atomic E-state index is 8.68. The Bertz CT molecular complexity index is 188. The summed E-state index contributed by atoms with van der Waals surface area (Å²) in [6.07, 6.45) is 0. The van der Waals surface area contributed by atoms with Crippen molar-refractivity contribution >= 4 is 11.3 Å². The van der Waals surface area contributed by atoms with Gasteiger partial charge in [0.2, 0.25) is 0 Å². The van der Waals surface area contributed by atoms with Crippen LogP contribution in [0.15, 0.2) is 10.9 Å². The molecular weight excluding hydrogens is 160 g/mol. The van der Waals surface area contributed by atoms with Gasteiger partial charge in [0, 0.05) is 18.0 Å². The van der Waals surface area contributed by atoms with E-state index in [9.17, 15) is 0 Å². The van der Waals surface area contributed by atoms with Gasteiger partial charge >= 0.3 is 0 Å². The van der Waals surface area contributed by atoms with Gasteiger partial charge in [0.25, 0.3) is 0 Å². The maximum atomic E-state index is 8.68. The summed E-state index contributed by atoms with van der Waals surface area (Å²) in [4.78, 5) is 4.10. The molecule has 1 unspecified atom stereocenters. The highest BCUT2D eigenvalue weighted by Crippen LogP contribution is 1.99. The highest BCUT2D eigenvalue weighted by Gasteiger charge is 1.99. The third-order valence-corrected chi connectivity index (χ3v) is 2.02. The molecule has 11 heavy (non-hydrogen) atoms. The zero-order valence-corrected chi connectivity index (χ0v) is 7.27. The van der Waals surface area contributed by atoms with Gasteiger partial charge in [-0.15, -0.1) is 11.3 Å². The van der Waals surface area contributed by atoms with Gasteiger partial charge in [-0.25, -0.2) is 4.98 Å². The second kappa shape index (κ2) is 4.43. The van der Waals surface area contributed by atoms with E-state index >= 15 is 0 Å². The molecule has 1 aromatic heterocycles. The van der Waals surface area contributed by atoms with Crippen molar-refractivity contribution in [2.75, 3.05) is 6.61 Å². The van der Waals surface area contributed by atoms with E-state index in [4.69, 9.17) is 5.11 Å². The molecule has 0 fully saturated rings. The number of hydrogen-bond donors (Lipinski definition) is 2. The van der Waals surface area contributed by atoms with E-state index in [1.54, 1.807) is 16.8 Å². The lowest BCUT2D eigenvalue weighted by atomic mass is 10.3. The minimum atomic E-state index is 0.150. The zero-order chi connectivity index (χ0) is 8.10. The quantitative estimate of drug-likeness (QED) is 0.699. The van der Waals surface area contributed by atoms with E-state index in [-0.39, 0.29) is 12.6 Å². The first-order valence-electron chi connectivity index (χ1n) is 3.54. The van der Waals surface area contributed by atoms with Gasteiger partial charge in [-0.2, -0.15) is 0 Å². The summed E-state index contributed by atoms with van der Waals surface area (Å²) in [6, 6.07) is 0.150. The van der Waals surface area contributed by atoms with Crippen LogP contribution >= 0.6 is 11.3 Å².